The van der Waals surface area contributed by atoms with Crippen LogP contribution in [0, 0.1) is 0 Å². The van der Waals surface area contributed by atoms with Crippen LogP contribution in [0.25, 0.3) is 68.1 Å². The summed E-state index contributed by atoms with van der Waals surface area (Å²) in [7, 11) is 0. The fraction of sp³-hybridized carbons (Fsp3) is 0. The minimum atomic E-state index is 1.03. The molecule has 4 nitrogen and oxygen atoms in total. The Balaban J connectivity index is 0.805. The molecule has 0 amide bonds. The molecule has 0 radical (unpaired) electrons. The topological polar surface area (TPSA) is 13.0 Å². The molecule has 0 aromatic heterocycles. The van der Waals surface area contributed by atoms with E-state index in [1.165, 1.54) is 49.4 Å². The smallest absolute Gasteiger partial charge is 0.0463 e. The molecule has 0 N–H and O–H groups in total. The normalized spacial score (nSPS) is 11.3. The maximum Gasteiger partial charge on any atom is 0.0463 e. The zero-order valence-corrected chi connectivity index (χ0v) is 51.9. The monoisotopic (exact) mass is 1200 g/mol. The Hall–Kier alpha value is -12.5. The highest BCUT2D eigenvalue weighted by Crippen LogP contribution is 2.47. The SMILES string of the molecule is C(=Cc1ccc(N(c2ccccc2)c2ccc(N(c3ccc(-c4c5ccccc5c(-c5ccc(N(c6ccccc6)c6ccccc6)cc5)c5ccccc45)cc3)c3ccc(N(c4ccccc4)c4ccc(/C=C\c5ccccc5)cc4)cc3)cc2)cc1)c1ccccc1. The summed E-state index contributed by atoms with van der Waals surface area (Å²) in [6, 6.07) is 135. The average Bonchev–Trinajstić information content (AvgIpc) is 0.770. The van der Waals surface area contributed by atoms with Crippen LogP contribution in [0.5, 0.6) is 0 Å². The van der Waals surface area contributed by atoms with Crippen molar-refractivity contribution in [1.29, 1.82) is 0 Å². The van der Waals surface area contributed by atoms with Gasteiger partial charge in [0.2, 0.25) is 0 Å². The molecule has 0 saturated carbocycles. The maximum absolute atomic E-state index is 2.37. The molecule has 0 unspecified atom stereocenters. The van der Waals surface area contributed by atoms with E-state index in [9.17, 15) is 0 Å². The number of benzene rings is 15. The summed E-state index contributed by atoms with van der Waals surface area (Å²) in [4.78, 5) is 9.34. The van der Waals surface area contributed by atoms with E-state index >= 15 is 0 Å². The second-order valence-corrected chi connectivity index (χ2v) is 23.3. The van der Waals surface area contributed by atoms with Gasteiger partial charge in [0.05, 0.1) is 0 Å². The molecule has 0 bridgehead atoms. The van der Waals surface area contributed by atoms with Crippen LogP contribution in [0.1, 0.15) is 22.3 Å². The number of nitrogens with zero attached hydrogens (tertiary/aromatic N) is 4. The van der Waals surface area contributed by atoms with Gasteiger partial charge in [-0.25, -0.2) is 0 Å². The van der Waals surface area contributed by atoms with Gasteiger partial charge in [0.25, 0.3) is 0 Å². The first kappa shape index (κ1) is 57.9. The van der Waals surface area contributed by atoms with E-state index in [-0.39, 0.29) is 0 Å². The van der Waals surface area contributed by atoms with Crippen molar-refractivity contribution < 1.29 is 0 Å². The van der Waals surface area contributed by atoms with Crippen LogP contribution in [-0.2, 0) is 0 Å². The van der Waals surface area contributed by atoms with Crippen LogP contribution in [-0.4, -0.2) is 0 Å². The van der Waals surface area contributed by atoms with Crippen molar-refractivity contribution in [2.24, 2.45) is 0 Å². The number of anilines is 12. The van der Waals surface area contributed by atoms with Crippen LogP contribution in [0.3, 0.4) is 0 Å². The molecule has 15 rings (SSSR count). The van der Waals surface area contributed by atoms with E-state index in [1.54, 1.807) is 0 Å². The molecule has 0 spiro atoms. The third-order valence-corrected chi connectivity index (χ3v) is 17.4. The first-order chi connectivity index (χ1) is 46.6. The van der Waals surface area contributed by atoms with E-state index in [1.807, 2.05) is 12.1 Å². The molecule has 94 heavy (non-hydrogen) atoms. The van der Waals surface area contributed by atoms with E-state index in [0.717, 1.165) is 84.9 Å². The fourth-order valence-electron chi connectivity index (χ4n) is 12.9. The predicted molar refractivity (Wildman–Crippen MR) is 402 cm³/mol. The van der Waals surface area contributed by atoms with Crippen LogP contribution in [0.2, 0.25) is 0 Å². The van der Waals surface area contributed by atoms with Gasteiger partial charge in [-0.3, -0.25) is 0 Å². The summed E-state index contributed by atoms with van der Waals surface area (Å²) < 4.78 is 0. The second kappa shape index (κ2) is 26.9. The van der Waals surface area contributed by atoms with Gasteiger partial charge in [-0.05, 0) is 212 Å². The highest BCUT2D eigenvalue weighted by molar-refractivity contribution is 6.21. The summed E-state index contributed by atoms with van der Waals surface area (Å²) in [6.07, 6.45) is 8.66. The Kier molecular flexibility index (Phi) is 16.6. The van der Waals surface area contributed by atoms with Gasteiger partial charge >= 0.3 is 0 Å². The van der Waals surface area contributed by atoms with Gasteiger partial charge in [-0.1, -0.05) is 255 Å². The molecule has 4 heteroatoms. The Morgan fingerprint density at radius 1 is 0.138 bits per heavy atom. The largest absolute Gasteiger partial charge is 0.311 e. The van der Waals surface area contributed by atoms with Crippen molar-refractivity contribution in [2.45, 2.75) is 0 Å². The fourth-order valence-corrected chi connectivity index (χ4v) is 12.9. The average molecular weight is 1200 g/mol. The molecular formula is C90H66N4. The maximum atomic E-state index is 2.37. The summed E-state index contributed by atoms with van der Waals surface area (Å²) >= 11 is 0. The zero-order valence-electron chi connectivity index (χ0n) is 51.9. The number of para-hydroxylation sites is 4. The second-order valence-electron chi connectivity index (χ2n) is 23.3. The number of rotatable bonds is 18. The first-order valence-corrected chi connectivity index (χ1v) is 32.1. The lowest BCUT2D eigenvalue weighted by molar-refractivity contribution is 1.24. The summed E-state index contributed by atoms with van der Waals surface area (Å²) in [5, 5.41) is 4.82. The molecule has 0 aliphatic heterocycles. The molecule has 0 heterocycles. The van der Waals surface area contributed by atoms with Crippen molar-refractivity contribution in [2.75, 3.05) is 19.6 Å². The van der Waals surface area contributed by atoms with Crippen molar-refractivity contribution in [3.8, 4) is 22.3 Å². The van der Waals surface area contributed by atoms with Gasteiger partial charge in [-0.15, -0.1) is 0 Å². The summed E-state index contributed by atoms with van der Waals surface area (Å²) in [5.41, 5.74) is 22.1. The highest BCUT2D eigenvalue weighted by Gasteiger charge is 2.22. The Labute approximate surface area is 551 Å². The highest BCUT2D eigenvalue weighted by atomic mass is 15.2. The van der Waals surface area contributed by atoms with Crippen molar-refractivity contribution in [1.82, 2.24) is 0 Å². The Morgan fingerprint density at radius 3 is 0.521 bits per heavy atom. The lowest BCUT2D eigenvalue weighted by Gasteiger charge is -2.29. The Morgan fingerprint density at radius 2 is 0.298 bits per heavy atom. The van der Waals surface area contributed by atoms with Crippen LogP contribution in [0.4, 0.5) is 68.2 Å². The van der Waals surface area contributed by atoms with E-state index < -0.39 is 0 Å². The van der Waals surface area contributed by atoms with E-state index in [0.29, 0.717) is 0 Å². The summed E-state index contributed by atoms with van der Waals surface area (Å²) in [5.74, 6) is 0. The minimum absolute atomic E-state index is 1.03. The van der Waals surface area contributed by atoms with E-state index in [2.05, 4.69) is 408 Å². The standard InChI is InChI=1S/C90H66N4/c1-7-23-67(24-8-1)39-41-69-43-51-77(52-44-69)92(75-31-15-5-16-32-75)81-59-63-83(64-60-81)94(84-65-61-82(62-66-84)93(76-33-17-6-18-34-76)78-53-45-70(46-54-78)42-40-68-25-9-2-10-26-68)80-57-49-72(50-58-80)90-87-37-21-19-35-85(87)89(86-36-20-22-38-88(86)90)71-47-55-79(56-48-71)91(73-27-11-3-12-28-73)74-29-13-4-14-30-74/h1-66H/b41-39-,42-40?. The molecule has 0 fully saturated rings. The van der Waals surface area contributed by atoms with Crippen molar-refractivity contribution in [3.05, 3.63) is 398 Å². The molecule has 0 atom stereocenters. The molecule has 15 aromatic carbocycles. The molecular weight excluding hydrogens is 1140 g/mol. The van der Waals surface area contributed by atoms with Crippen LogP contribution >= 0.6 is 0 Å². The number of hydrogen-bond donors (Lipinski definition) is 0. The molecule has 0 aliphatic rings. The molecule has 0 aliphatic carbocycles. The van der Waals surface area contributed by atoms with Crippen molar-refractivity contribution in [3.63, 3.8) is 0 Å². The zero-order chi connectivity index (χ0) is 62.8. The van der Waals surface area contributed by atoms with Crippen LogP contribution in [0.15, 0.2) is 376 Å². The number of hydrogen-bond acceptors (Lipinski definition) is 4. The van der Waals surface area contributed by atoms with E-state index in [4.69, 9.17) is 0 Å². The quantitative estimate of drug-likeness (QED) is 0.0627. The predicted octanol–water partition coefficient (Wildman–Crippen LogP) is 25.5. The molecule has 446 valence electrons. The van der Waals surface area contributed by atoms with Gasteiger partial charge in [0, 0.05) is 68.2 Å². The lowest BCUT2D eigenvalue weighted by Crippen LogP contribution is -2.13. The molecule has 15 aromatic rings. The number of fused-ring (bicyclic) bond motifs is 2. The van der Waals surface area contributed by atoms with Gasteiger partial charge in [0.1, 0.15) is 0 Å². The van der Waals surface area contributed by atoms with Crippen LogP contribution < -0.4 is 19.6 Å². The van der Waals surface area contributed by atoms with Gasteiger partial charge in [0.15, 0.2) is 0 Å². The molecule has 0 saturated heterocycles. The minimum Gasteiger partial charge on any atom is -0.311 e. The van der Waals surface area contributed by atoms with Gasteiger partial charge < -0.3 is 19.6 Å². The van der Waals surface area contributed by atoms with Gasteiger partial charge in [-0.2, -0.15) is 0 Å². The first-order valence-electron chi connectivity index (χ1n) is 32.1. The third kappa shape index (κ3) is 12.3. The lowest BCUT2D eigenvalue weighted by atomic mass is 9.86. The Bertz CT molecular complexity index is 4770. The van der Waals surface area contributed by atoms with Crippen molar-refractivity contribution >= 4 is 114 Å². The summed E-state index contributed by atoms with van der Waals surface area (Å²) in [6.45, 7) is 0. The third-order valence-electron chi connectivity index (χ3n) is 17.4.